The molecule has 2 aromatic heterocycles. The molecule has 0 fully saturated rings. The van der Waals surface area contributed by atoms with Crippen molar-refractivity contribution < 1.29 is 8.83 Å². The second-order valence-electron chi connectivity index (χ2n) is 21.3. The molecule has 5 heterocycles. The summed E-state index contributed by atoms with van der Waals surface area (Å²) >= 11 is 0. The number of benzene rings is 9. The first-order valence-electron chi connectivity index (χ1n) is 24.3. The van der Waals surface area contributed by atoms with Crippen LogP contribution in [-0.2, 0) is 10.8 Å². The molecular formula is C63H51BN2O2S. The van der Waals surface area contributed by atoms with Gasteiger partial charge in [-0.2, -0.15) is 0 Å². The second kappa shape index (κ2) is 14.1. The van der Waals surface area contributed by atoms with Crippen molar-refractivity contribution in [3.8, 4) is 0 Å². The molecule has 14 rings (SSSR count). The predicted octanol–water partition coefficient (Wildman–Crippen LogP) is 16.1. The average molecular weight is 911 g/mol. The Bertz CT molecular complexity index is 3710. The van der Waals surface area contributed by atoms with Crippen LogP contribution in [0.15, 0.2) is 210 Å². The van der Waals surface area contributed by atoms with Gasteiger partial charge in [0.15, 0.2) is 11.2 Å². The minimum absolute atomic E-state index is 0.0433. The monoisotopic (exact) mass is 910 g/mol. The Morgan fingerprint density at radius 1 is 0.377 bits per heavy atom. The Balaban J connectivity index is 1.16. The van der Waals surface area contributed by atoms with Gasteiger partial charge in [-0.25, -0.2) is 0 Å². The maximum Gasteiger partial charge on any atom is 0.255 e. The summed E-state index contributed by atoms with van der Waals surface area (Å²) in [6.45, 7) is 15.9. The second-order valence-corrected chi connectivity index (χ2v) is 24.4. The van der Waals surface area contributed by atoms with Crippen LogP contribution >= 0.6 is 10.0 Å². The van der Waals surface area contributed by atoms with E-state index in [0.29, 0.717) is 0 Å². The van der Waals surface area contributed by atoms with Crippen molar-refractivity contribution >= 4 is 111 Å². The first kappa shape index (κ1) is 40.6. The molecule has 0 atom stereocenters. The third-order valence-corrected chi connectivity index (χ3v) is 19.1. The SMILES string of the molecule is Cc1cc2c3c(c1)N(c1cccc4c1oc1c(C(C)(C)C)cccc14)c1cccc4c1B3c1c(cccc1S4(c1ccccc1)c1ccccc1)N2c1cccc2c1oc1c(C(C)(C)C)cccc12. The molecule has 0 amide bonds. The van der Waals surface area contributed by atoms with Crippen molar-refractivity contribution in [2.45, 2.75) is 78.9 Å². The van der Waals surface area contributed by atoms with Crippen LogP contribution in [0.5, 0.6) is 0 Å². The van der Waals surface area contributed by atoms with E-state index in [0.717, 1.165) is 55.3 Å². The quantitative estimate of drug-likeness (QED) is 0.165. The lowest BCUT2D eigenvalue weighted by Gasteiger charge is -2.54. The van der Waals surface area contributed by atoms with E-state index in [4.69, 9.17) is 8.83 Å². The van der Waals surface area contributed by atoms with Crippen molar-refractivity contribution in [2.75, 3.05) is 9.80 Å². The minimum Gasteiger partial charge on any atom is -0.454 e. The zero-order chi connectivity index (χ0) is 46.7. The Labute approximate surface area is 405 Å². The van der Waals surface area contributed by atoms with E-state index >= 15 is 0 Å². The molecule has 0 radical (unpaired) electrons. The van der Waals surface area contributed by atoms with Crippen molar-refractivity contribution in [1.29, 1.82) is 0 Å². The lowest BCUT2D eigenvalue weighted by atomic mass is 9.33. The van der Waals surface area contributed by atoms with Crippen LogP contribution in [-0.4, -0.2) is 6.71 Å². The highest BCUT2D eigenvalue weighted by Gasteiger charge is 2.53. The minimum atomic E-state index is -2.09. The van der Waals surface area contributed by atoms with Crippen LogP contribution in [0.4, 0.5) is 34.1 Å². The number of hydrogen-bond donors (Lipinski definition) is 0. The summed E-state index contributed by atoms with van der Waals surface area (Å²) in [6.07, 6.45) is 0. The lowest BCUT2D eigenvalue weighted by molar-refractivity contribution is 0.572. The van der Waals surface area contributed by atoms with Crippen LogP contribution in [0.2, 0.25) is 0 Å². The van der Waals surface area contributed by atoms with Crippen LogP contribution in [0.1, 0.15) is 58.2 Å². The molecule has 0 N–H and O–H groups in total. The van der Waals surface area contributed by atoms with Crippen molar-refractivity contribution in [1.82, 2.24) is 0 Å². The summed E-state index contributed by atoms with van der Waals surface area (Å²) in [5.41, 5.74) is 17.9. The molecule has 6 heteroatoms. The molecule has 11 aromatic rings. The van der Waals surface area contributed by atoms with Crippen molar-refractivity contribution in [2.24, 2.45) is 0 Å². The topological polar surface area (TPSA) is 32.8 Å². The Hall–Kier alpha value is -7.41. The summed E-state index contributed by atoms with van der Waals surface area (Å²) in [7, 11) is -2.09. The predicted molar refractivity (Wildman–Crippen MR) is 291 cm³/mol. The summed E-state index contributed by atoms with van der Waals surface area (Å²) < 4.78 is 14.5. The van der Waals surface area contributed by atoms with Gasteiger partial charge in [0.2, 0.25) is 0 Å². The highest BCUT2D eigenvalue weighted by Crippen LogP contribution is 2.75. The fourth-order valence-corrected chi connectivity index (χ4v) is 16.7. The van der Waals surface area contributed by atoms with E-state index in [2.05, 4.69) is 240 Å². The Morgan fingerprint density at radius 3 is 1.17 bits per heavy atom. The number of furan rings is 2. The highest BCUT2D eigenvalue weighted by atomic mass is 32.3. The van der Waals surface area contributed by atoms with Gasteiger partial charge in [-0.1, -0.05) is 151 Å². The molecule has 69 heavy (non-hydrogen) atoms. The van der Waals surface area contributed by atoms with E-state index in [1.54, 1.807) is 0 Å². The maximum atomic E-state index is 7.27. The van der Waals surface area contributed by atoms with E-state index in [1.165, 1.54) is 75.4 Å². The zero-order valence-corrected chi connectivity index (χ0v) is 40.8. The lowest BCUT2D eigenvalue weighted by Crippen LogP contribution is -2.64. The molecule has 0 aliphatic carbocycles. The standard InChI is InChI=1S/C63H51BN2O2S/c1-38-36-51-55-52(37-38)66(50-33-17-27-44-42-25-15-29-46(63(5,6)7)59(42)68-61(44)50)48-31-19-35-54-57(48)64(55)56-47(30-18-34-53(56)69(54,39-20-10-8-11-21-39)40-22-12-9-13-23-40)65(51)49-32-16-26-43-41-24-14-28-45(62(2,3)4)58(41)67-60(43)49/h8-37H,1-7H3. The van der Waals surface area contributed by atoms with Gasteiger partial charge in [0.05, 0.1) is 11.4 Å². The average Bonchev–Trinajstić information content (AvgIpc) is 3.93. The third-order valence-electron chi connectivity index (χ3n) is 15.2. The molecule has 0 spiro atoms. The molecule has 3 aliphatic rings. The molecule has 4 nitrogen and oxygen atoms in total. The van der Waals surface area contributed by atoms with Crippen LogP contribution in [0, 0.1) is 6.92 Å². The molecule has 334 valence electrons. The van der Waals surface area contributed by atoms with Gasteiger partial charge in [-0.15, -0.1) is 10.0 Å². The highest BCUT2D eigenvalue weighted by molar-refractivity contribution is 8.34. The molecule has 3 aliphatic heterocycles. The fourth-order valence-electron chi connectivity index (χ4n) is 12.4. The van der Waals surface area contributed by atoms with Crippen LogP contribution < -0.4 is 26.2 Å². The Kier molecular flexibility index (Phi) is 8.30. The number of fused-ring (bicyclic) bond motifs is 6. The van der Waals surface area contributed by atoms with E-state index < -0.39 is 10.0 Å². The number of aryl methyl sites for hydroxylation is 1. The van der Waals surface area contributed by atoms with E-state index in [1.807, 2.05) is 0 Å². The first-order chi connectivity index (χ1) is 33.4. The van der Waals surface area contributed by atoms with Crippen molar-refractivity contribution in [3.05, 3.63) is 199 Å². The largest absolute Gasteiger partial charge is 0.454 e. The zero-order valence-electron chi connectivity index (χ0n) is 40.0. The summed E-state index contributed by atoms with van der Waals surface area (Å²) in [5, 5.41) is 4.53. The number of rotatable bonds is 4. The van der Waals surface area contributed by atoms with Gasteiger partial charge in [-0.3, -0.25) is 0 Å². The molecule has 0 saturated carbocycles. The number of nitrogens with zero attached hydrogens (tertiary/aromatic N) is 2. The molecule has 9 aromatic carbocycles. The number of anilines is 6. The van der Waals surface area contributed by atoms with Gasteiger partial charge in [0.1, 0.15) is 11.2 Å². The molecule has 0 unspecified atom stereocenters. The van der Waals surface area contributed by atoms with Crippen molar-refractivity contribution in [3.63, 3.8) is 0 Å². The summed E-state index contributed by atoms with van der Waals surface area (Å²) in [5.74, 6) is 0. The van der Waals surface area contributed by atoms with Gasteiger partial charge in [-0.05, 0) is 122 Å². The van der Waals surface area contributed by atoms with E-state index in [9.17, 15) is 0 Å². The third kappa shape index (κ3) is 5.38. The van der Waals surface area contributed by atoms with Gasteiger partial charge < -0.3 is 18.6 Å². The number of hydrogen-bond acceptors (Lipinski definition) is 4. The van der Waals surface area contributed by atoms with Gasteiger partial charge in [0, 0.05) is 65.2 Å². The van der Waals surface area contributed by atoms with Crippen LogP contribution in [0.25, 0.3) is 43.9 Å². The van der Waals surface area contributed by atoms with Gasteiger partial charge >= 0.3 is 0 Å². The molecule has 0 bridgehead atoms. The van der Waals surface area contributed by atoms with Crippen LogP contribution in [0.3, 0.4) is 0 Å². The van der Waals surface area contributed by atoms with E-state index in [-0.39, 0.29) is 17.5 Å². The fraction of sp³-hybridized carbons (Fsp3) is 0.143. The Morgan fingerprint density at radius 2 is 0.754 bits per heavy atom. The number of para-hydroxylation sites is 4. The smallest absolute Gasteiger partial charge is 0.255 e. The molecular weight excluding hydrogens is 860 g/mol. The maximum absolute atomic E-state index is 7.27. The summed E-state index contributed by atoms with van der Waals surface area (Å²) in [4.78, 5) is 10.5. The normalized spacial score (nSPS) is 15.1. The van der Waals surface area contributed by atoms with Gasteiger partial charge in [0.25, 0.3) is 6.71 Å². The molecule has 0 saturated heterocycles. The first-order valence-corrected chi connectivity index (χ1v) is 25.9. The summed E-state index contributed by atoms with van der Waals surface area (Å²) in [6, 6.07) is 68.5.